The molecule has 0 unspecified atom stereocenters. The van der Waals surface area contributed by atoms with Gasteiger partial charge in [0.25, 0.3) is 0 Å². The van der Waals surface area contributed by atoms with E-state index < -0.39 is 0 Å². The molecule has 1 heteroatoms. The minimum atomic E-state index is 0. The molecule has 0 radical (unpaired) electrons. The molecule has 0 fully saturated rings. The van der Waals surface area contributed by atoms with Gasteiger partial charge in [-0.1, -0.05) is 70.8 Å². The number of hydrogen-bond acceptors (Lipinski definition) is 0. The van der Waals surface area contributed by atoms with E-state index >= 15 is 0 Å². The molecule has 0 bridgehead atoms. The third-order valence-electron chi connectivity index (χ3n) is 2.76. The first-order chi connectivity index (χ1) is 6.91. The maximum absolute atomic E-state index is 3.74. The second-order valence-corrected chi connectivity index (χ2v) is 4.26. The van der Waals surface area contributed by atoms with Crippen molar-refractivity contribution < 1.29 is 31.0 Å². The van der Waals surface area contributed by atoms with Gasteiger partial charge in [-0.3, -0.25) is 0 Å². The van der Waals surface area contributed by atoms with Crippen molar-refractivity contribution >= 4 is 0 Å². The Morgan fingerprint density at radius 1 is 0.800 bits per heavy atom. The van der Waals surface area contributed by atoms with Gasteiger partial charge in [-0.05, 0) is 12.8 Å². The standard InChI is InChI=1S/C14H28.Na.H/c1-3-5-7-9-11-13-14-12-10-8-6-4-2;;/h3H,1,4-14H2,2H3;;/q;+1;-1. The first-order valence-corrected chi connectivity index (χ1v) is 6.52. The molecule has 0 aliphatic carbocycles. The summed E-state index contributed by atoms with van der Waals surface area (Å²) in [4.78, 5) is 0. The molecule has 0 rings (SSSR count). The summed E-state index contributed by atoms with van der Waals surface area (Å²) in [6, 6.07) is 0. The van der Waals surface area contributed by atoms with Crippen LogP contribution in [-0.4, -0.2) is 0 Å². The third-order valence-corrected chi connectivity index (χ3v) is 2.76. The molecule has 0 heterocycles. The minimum absolute atomic E-state index is 0. The van der Waals surface area contributed by atoms with E-state index in [9.17, 15) is 0 Å². The zero-order chi connectivity index (χ0) is 10.5. The topological polar surface area (TPSA) is 0 Å². The zero-order valence-corrected chi connectivity index (χ0v) is 13.1. The number of rotatable bonds is 11. The van der Waals surface area contributed by atoms with E-state index in [0.717, 1.165) is 0 Å². The Hall–Kier alpha value is 0.740. The smallest absolute Gasteiger partial charge is 1.00 e. The molecular weight excluding hydrogens is 191 g/mol. The molecule has 0 saturated heterocycles. The average molecular weight is 220 g/mol. The van der Waals surface area contributed by atoms with Crippen molar-refractivity contribution in [3.05, 3.63) is 12.7 Å². The Labute approximate surface area is 121 Å². The van der Waals surface area contributed by atoms with E-state index in [1.807, 2.05) is 6.08 Å². The second-order valence-electron chi connectivity index (χ2n) is 4.26. The van der Waals surface area contributed by atoms with Gasteiger partial charge in [0.05, 0.1) is 0 Å². The van der Waals surface area contributed by atoms with Crippen LogP contribution < -0.4 is 29.6 Å². The molecule has 0 aromatic rings. The van der Waals surface area contributed by atoms with Crippen molar-refractivity contribution in [3.8, 4) is 0 Å². The Morgan fingerprint density at radius 2 is 1.20 bits per heavy atom. The summed E-state index contributed by atoms with van der Waals surface area (Å²) in [5, 5.41) is 0. The van der Waals surface area contributed by atoms with Crippen LogP contribution in [0.1, 0.15) is 79.0 Å². The molecule has 0 nitrogen and oxygen atoms in total. The van der Waals surface area contributed by atoms with Crippen molar-refractivity contribution in [1.29, 1.82) is 0 Å². The van der Waals surface area contributed by atoms with Crippen molar-refractivity contribution in [2.75, 3.05) is 0 Å². The molecule has 0 spiro atoms. The molecule has 0 N–H and O–H groups in total. The summed E-state index contributed by atoms with van der Waals surface area (Å²) < 4.78 is 0. The maximum atomic E-state index is 3.74. The SMILES string of the molecule is C=CCCCCCCCCCCCC.[H-].[Na+]. The fraction of sp³-hybridized carbons (Fsp3) is 0.857. The first-order valence-electron chi connectivity index (χ1n) is 6.52. The van der Waals surface area contributed by atoms with Gasteiger partial charge in [0.15, 0.2) is 0 Å². The number of allylic oxidation sites excluding steroid dienone is 1. The van der Waals surface area contributed by atoms with Crippen molar-refractivity contribution in [3.63, 3.8) is 0 Å². The predicted molar refractivity (Wildman–Crippen MR) is 67.8 cm³/mol. The minimum Gasteiger partial charge on any atom is -1.00 e. The van der Waals surface area contributed by atoms with Gasteiger partial charge >= 0.3 is 29.6 Å². The summed E-state index contributed by atoms with van der Waals surface area (Å²) in [6.07, 6.45) is 17.5. The van der Waals surface area contributed by atoms with Gasteiger partial charge in [0.1, 0.15) is 0 Å². The van der Waals surface area contributed by atoms with Crippen molar-refractivity contribution in [2.45, 2.75) is 77.6 Å². The second kappa shape index (κ2) is 17.1. The van der Waals surface area contributed by atoms with Crippen LogP contribution in [0, 0.1) is 0 Å². The van der Waals surface area contributed by atoms with Gasteiger partial charge in [0, 0.05) is 0 Å². The van der Waals surface area contributed by atoms with Gasteiger partial charge in [0.2, 0.25) is 0 Å². The van der Waals surface area contributed by atoms with E-state index in [0.29, 0.717) is 0 Å². The molecule has 0 aliphatic heterocycles. The van der Waals surface area contributed by atoms with E-state index in [1.54, 1.807) is 0 Å². The van der Waals surface area contributed by atoms with Crippen molar-refractivity contribution in [2.24, 2.45) is 0 Å². The molecule has 0 aliphatic rings. The van der Waals surface area contributed by atoms with Gasteiger partial charge < -0.3 is 1.43 Å². The van der Waals surface area contributed by atoms with Crippen LogP contribution >= 0.6 is 0 Å². The van der Waals surface area contributed by atoms with Crippen LogP contribution in [0.15, 0.2) is 12.7 Å². The Morgan fingerprint density at radius 3 is 1.60 bits per heavy atom. The predicted octanol–water partition coefficient (Wildman–Crippen LogP) is 2.60. The number of hydrogen-bond donors (Lipinski definition) is 0. The van der Waals surface area contributed by atoms with Gasteiger partial charge in [-0.2, -0.15) is 0 Å². The average Bonchev–Trinajstić information content (AvgIpc) is 2.21. The molecule has 0 amide bonds. The summed E-state index contributed by atoms with van der Waals surface area (Å²) >= 11 is 0. The molecule has 15 heavy (non-hydrogen) atoms. The van der Waals surface area contributed by atoms with Crippen molar-refractivity contribution in [1.82, 2.24) is 0 Å². The molecule has 0 atom stereocenters. The summed E-state index contributed by atoms with van der Waals surface area (Å²) in [7, 11) is 0. The Bertz CT molecular complexity index is 115. The van der Waals surface area contributed by atoms with Crippen LogP contribution in [-0.2, 0) is 0 Å². The van der Waals surface area contributed by atoms with E-state index in [4.69, 9.17) is 0 Å². The Balaban J connectivity index is -0.000000845. The summed E-state index contributed by atoms with van der Waals surface area (Å²) in [5.41, 5.74) is 0. The number of unbranched alkanes of at least 4 members (excludes halogenated alkanes) is 10. The molecule has 0 saturated carbocycles. The fourth-order valence-corrected chi connectivity index (χ4v) is 1.78. The Kier molecular flexibility index (Phi) is 20.7. The van der Waals surface area contributed by atoms with Crippen LogP contribution in [0.25, 0.3) is 0 Å². The van der Waals surface area contributed by atoms with E-state index in [1.165, 1.54) is 70.6 Å². The zero-order valence-electron chi connectivity index (χ0n) is 12.1. The monoisotopic (exact) mass is 220 g/mol. The molecular formula is C14H29Na. The van der Waals surface area contributed by atoms with Crippen LogP contribution in [0.2, 0.25) is 0 Å². The fourth-order valence-electron chi connectivity index (χ4n) is 1.78. The third kappa shape index (κ3) is 17.4. The van der Waals surface area contributed by atoms with Gasteiger partial charge in [-0.25, -0.2) is 0 Å². The quantitative estimate of drug-likeness (QED) is 0.285. The van der Waals surface area contributed by atoms with Crippen LogP contribution in [0.3, 0.4) is 0 Å². The van der Waals surface area contributed by atoms with E-state index in [2.05, 4.69) is 13.5 Å². The maximum Gasteiger partial charge on any atom is 1.00 e. The molecule has 0 aromatic carbocycles. The van der Waals surface area contributed by atoms with Crippen LogP contribution in [0.5, 0.6) is 0 Å². The summed E-state index contributed by atoms with van der Waals surface area (Å²) in [6.45, 7) is 6.01. The molecule has 0 aromatic heterocycles. The summed E-state index contributed by atoms with van der Waals surface area (Å²) in [5.74, 6) is 0. The largest absolute Gasteiger partial charge is 1.00 e. The molecule has 86 valence electrons. The van der Waals surface area contributed by atoms with E-state index in [-0.39, 0.29) is 31.0 Å². The van der Waals surface area contributed by atoms with Gasteiger partial charge in [-0.15, -0.1) is 6.58 Å². The normalized spacial score (nSPS) is 9.67. The first kappa shape index (κ1) is 18.1. The van der Waals surface area contributed by atoms with Crippen LogP contribution in [0.4, 0.5) is 0 Å².